The lowest BCUT2D eigenvalue weighted by atomic mass is 9.85. The largest absolute Gasteiger partial charge is 0.493 e. The van der Waals surface area contributed by atoms with Gasteiger partial charge in [0.1, 0.15) is 12.4 Å². The van der Waals surface area contributed by atoms with Crippen molar-refractivity contribution in [1.29, 1.82) is 0 Å². The number of hydrogen-bond acceptors (Lipinski definition) is 4. The fraction of sp³-hybridized carbons (Fsp3) is 0.533. The Balaban J connectivity index is 1.96. The second kappa shape index (κ2) is 7.50. The number of carbonyl (C=O) groups is 1. The van der Waals surface area contributed by atoms with Gasteiger partial charge < -0.3 is 14.8 Å². The third-order valence-electron chi connectivity index (χ3n) is 3.70. The highest BCUT2D eigenvalue weighted by atomic mass is 35.5. The predicted molar refractivity (Wildman–Crippen MR) is 78.0 cm³/mol. The van der Waals surface area contributed by atoms with Crippen LogP contribution in [0.15, 0.2) is 24.3 Å². The van der Waals surface area contributed by atoms with Gasteiger partial charge in [-0.25, -0.2) is 0 Å². The highest BCUT2D eigenvalue weighted by Gasteiger charge is 2.31. The van der Waals surface area contributed by atoms with Crippen molar-refractivity contribution in [3.63, 3.8) is 0 Å². The molecule has 1 aliphatic rings. The molecule has 0 amide bonds. The molecule has 0 saturated carbocycles. The molecule has 1 N–H and O–H groups in total. The van der Waals surface area contributed by atoms with E-state index in [1.165, 1.54) is 7.11 Å². The van der Waals surface area contributed by atoms with Crippen molar-refractivity contribution in [2.45, 2.75) is 12.8 Å². The van der Waals surface area contributed by atoms with Crippen LogP contribution < -0.4 is 10.1 Å². The first kappa shape index (κ1) is 15.1. The zero-order chi connectivity index (χ0) is 14.4. The third kappa shape index (κ3) is 4.12. The molecular weight excluding hydrogens is 278 g/mol. The van der Waals surface area contributed by atoms with Crippen LogP contribution in [0.2, 0.25) is 5.02 Å². The van der Waals surface area contributed by atoms with Gasteiger partial charge >= 0.3 is 5.97 Å². The molecule has 110 valence electrons. The van der Waals surface area contributed by atoms with Crippen molar-refractivity contribution in [2.24, 2.45) is 11.8 Å². The Hall–Kier alpha value is -1.26. The topological polar surface area (TPSA) is 47.6 Å². The van der Waals surface area contributed by atoms with E-state index >= 15 is 0 Å². The van der Waals surface area contributed by atoms with Gasteiger partial charge in [-0.15, -0.1) is 0 Å². The number of carbonyl (C=O) groups excluding carboxylic acids is 1. The summed E-state index contributed by atoms with van der Waals surface area (Å²) in [5.41, 5.74) is 0. The van der Waals surface area contributed by atoms with Gasteiger partial charge in [-0.1, -0.05) is 11.6 Å². The van der Waals surface area contributed by atoms with Crippen LogP contribution in [0, 0.1) is 11.8 Å². The summed E-state index contributed by atoms with van der Waals surface area (Å²) in [6.07, 6.45) is 1.95. The molecule has 0 bridgehead atoms. The number of hydrogen-bond donors (Lipinski definition) is 1. The maximum absolute atomic E-state index is 11.9. The van der Waals surface area contributed by atoms with Crippen LogP contribution in [0.25, 0.3) is 0 Å². The molecule has 4 nitrogen and oxygen atoms in total. The van der Waals surface area contributed by atoms with Crippen LogP contribution in [0.3, 0.4) is 0 Å². The lowest BCUT2D eigenvalue weighted by molar-refractivity contribution is -0.149. The van der Waals surface area contributed by atoms with E-state index in [4.69, 9.17) is 21.1 Å². The summed E-state index contributed by atoms with van der Waals surface area (Å²) in [6.45, 7) is 2.23. The van der Waals surface area contributed by atoms with Crippen LogP contribution in [0.1, 0.15) is 12.8 Å². The van der Waals surface area contributed by atoms with Gasteiger partial charge in [0, 0.05) is 5.02 Å². The van der Waals surface area contributed by atoms with E-state index in [-0.39, 0.29) is 11.9 Å². The summed E-state index contributed by atoms with van der Waals surface area (Å²) < 4.78 is 10.6. The lowest BCUT2D eigenvalue weighted by Gasteiger charge is -2.28. The molecule has 1 fully saturated rings. The third-order valence-corrected chi connectivity index (χ3v) is 3.95. The quantitative estimate of drug-likeness (QED) is 0.848. The molecule has 1 atom stereocenters. The first-order chi connectivity index (χ1) is 9.70. The smallest absolute Gasteiger partial charge is 0.312 e. The summed E-state index contributed by atoms with van der Waals surface area (Å²) in [7, 11) is 1.43. The zero-order valence-electron chi connectivity index (χ0n) is 11.6. The van der Waals surface area contributed by atoms with Crippen LogP contribution in [-0.4, -0.2) is 32.8 Å². The molecule has 0 aromatic heterocycles. The number of rotatable bonds is 5. The number of esters is 1. The average Bonchev–Trinajstić information content (AvgIpc) is 2.50. The minimum atomic E-state index is -0.210. The standard InChI is InChI=1S/C15H20ClNO3/c1-19-15(18)14(11-6-8-17-9-7-11)10-20-13-4-2-12(16)3-5-13/h2-5,11,14,17H,6-10H2,1H3. The van der Waals surface area contributed by atoms with Crippen LogP contribution >= 0.6 is 11.6 Å². The van der Waals surface area contributed by atoms with E-state index in [0.29, 0.717) is 17.5 Å². The van der Waals surface area contributed by atoms with Gasteiger partial charge in [0.2, 0.25) is 0 Å². The Kier molecular flexibility index (Phi) is 5.68. The van der Waals surface area contributed by atoms with E-state index in [1.807, 2.05) is 0 Å². The summed E-state index contributed by atoms with van der Waals surface area (Å²) in [5, 5.41) is 3.97. The van der Waals surface area contributed by atoms with Gasteiger partial charge in [0.25, 0.3) is 0 Å². The Morgan fingerprint density at radius 2 is 2.00 bits per heavy atom. The average molecular weight is 298 g/mol. The zero-order valence-corrected chi connectivity index (χ0v) is 12.4. The maximum Gasteiger partial charge on any atom is 0.312 e. The molecule has 0 radical (unpaired) electrons. The van der Waals surface area contributed by atoms with Crippen LogP contribution in [-0.2, 0) is 9.53 Å². The molecule has 0 aliphatic carbocycles. The number of ether oxygens (including phenoxy) is 2. The Morgan fingerprint density at radius 1 is 1.35 bits per heavy atom. The van der Waals surface area contributed by atoms with Crippen molar-refractivity contribution in [3.05, 3.63) is 29.3 Å². The predicted octanol–water partition coefficient (Wildman–Crippen LogP) is 2.51. The molecule has 1 aliphatic heterocycles. The summed E-state index contributed by atoms with van der Waals surface area (Å²) in [5.74, 6) is 0.636. The van der Waals surface area contributed by atoms with Gasteiger partial charge in [0.15, 0.2) is 0 Å². The van der Waals surface area contributed by atoms with Crippen molar-refractivity contribution >= 4 is 17.6 Å². The van der Waals surface area contributed by atoms with E-state index in [2.05, 4.69) is 5.32 Å². The number of benzene rings is 1. The van der Waals surface area contributed by atoms with E-state index in [0.717, 1.165) is 31.7 Å². The molecule has 1 aromatic carbocycles. The molecule has 1 heterocycles. The normalized spacial score (nSPS) is 17.5. The molecule has 1 aromatic rings. The van der Waals surface area contributed by atoms with E-state index in [1.54, 1.807) is 24.3 Å². The van der Waals surface area contributed by atoms with Gasteiger partial charge in [-0.2, -0.15) is 0 Å². The fourth-order valence-corrected chi connectivity index (χ4v) is 2.64. The van der Waals surface area contributed by atoms with Crippen LogP contribution in [0.4, 0.5) is 0 Å². The molecular formula is C15H20ClNO3. The minimum Gasteiger partial charge on any atom is -0.493 e. The molecule has 2 rings (SSSR count). The number of methoxy groups -OCH3 is 1. The lowest BCUT2D eigenvalue weighted by Crippen LogP contribution is -2.37. The van der Waals surface area contributed by atoms with Crippen molar-refractivity contribution in [1.82, 2.24) is 5.32 Å². The van der Waals surface area contributed by atoms with Crippen molar-refractivity contribution in [3.8, 4) is 5.75 Å². The number of halogens is 1. The van der Waals surface area contributed by atoms with Crippen molar-refractivity contribution < 1.29 is 14.3 Å². The maximum atomic E-state index is 11.9. The monoisotopic (exact) mass is 297 g/mol. The van der Waals surface area contributed by atoms with E-state index < -0.39 is 0 Å². The van der Waals surface area contributed by atoms with Gasteiger partial charge in [-0.3, -0.25) is 4.79 Å². The van der Waals surface area contributed by atoms with Crippen LogP contribution in [0.5, 0.6) is 5.75 Å². The molecule has 1 unspecified atom stereocenters. The second-order valence-electron chi connectivity index (χ2n) is 4.98. The molecule has 20 heavy (non-hydrogen) atoms. The molecule has 0 spiro atoms. The Bertz CT molecular complexity index is 429. The Morgan fingerprint density at radius 3 is 2.60 bits per heavy atom. The first-order valence-electron chi connectivity index (χ1n) is 6.87. The summed E-state index contributed by atoms with van der Waals surface area (Å²) in [4.78, 5) is 11.9. The summed E-state index contributed by atoms with van der Waals surface area (Å²) >= 11 is 5.83. The number of nitrogens with one attached hydrogen (secondary N) is 1. The SMILES string of the molecule is COC(=O)C(COc1ccc(Cl)cc1)C1CCNCC1. The van der Waals surface area contributed by atoms with E-state index in [9.17, 15) is 4.79 Å². The highest BCUT2D eigenvalue weighted by Crippen LogP contribution is 2.25. The molecule has 5 heteroatoms. The van der Waals surface area contributed by atoms with Gasteiger partial charge in [0.05, 0.1) is 13.0 Å². The second-order valence-corrected chi connectivity index (χ2v) is 5.42. The first-order valence-corrected chi connectivity index (χ1v) is 7.25. The highest BCUT2D eigenvalue weighted by molar-refractivity contribution is 6.30. The summed E-state index contributed by atoms with van der Waals surface area (Å²) in [6, 6.07) is 7.15. The number of piperidine rings is 1. The molecule has 1 saturated heterocycles. The minimum absolute atomic E-state index is 0.189. The van der Waals surface area contributed by atoms with Gasteiger partial charge in [-0.05, 0) is 56.1 Å². The fourth-order valence-electron chi connectivity index (χ4n) is 2.51. The Labute approximate surface area is 124 Å². The van der Waals surface area contributed by atoms with Crippen molar-refractivity contribution in [2.75, 3.05) is 26.8 Å².